The van der Waals surface area contributed by atoms with Crippen LogP contribution in [0.2, 0.25) is 0 Å². The number of hydrogen-bond donors (Lipinski definition) is 1. The molecule has 1 N–H and O–H groups in total. The van der Waals surface area contributed by atoms with Gasteiger partial charge in [-0.15, -0.1) is 0 Å². The number of nitrogens with zero attached hydrogens (tertiary/aromatic N) is 3. The number of aromatic nitrogens is 1. The number of pyridine rings is 1. The Morgan fingerprint density at radius 3 is 2.60 bits per heavy atom. The molecule has 0 aliphatic carbocycles. The lowest BCUT2D eigenvalue weighted by molar-refractivity contribution is -0.117. The molecule has 0 atom stereocenters. The van der Waals surface area contributed by atoms with Gasteiger partial charge in [0.15, 0.2) is 0 Å². The fraction of sp³-hybridized carbons (Fsp3) is 0.400. The van der Waals surface area contributed by atoms with Crippen molar-refractivity contribution in [1.82, 2.24) is 9.88 Å². The number of carbonyl (C=O) groups excluding carboxylic acids is 1. The van der Waals surface area contributed by atoms with Crippen molar-refractivity contribution in [2.75, 3.05) is 42.9 Å². The van der Waals surface area contributed by atoms with Crippen molar-refractivity contribution in [1.29, 1.82) is 0 Å². The Morgan fingerprint density at radius 1 is 1.12 bits per heavy atom. The molecule has 1 saturated heterocycles. The monoisotopic (exact) mass is 338 g/mol. The topological polar surface area (TPSA) is 48.5 Å². The van der Waals surface area contributed by atoms with Gasteiger partial charge in [0.1, 0.15) is 5.82 Å². The van der Waals surface area contributed by atoms with Crippen LogP contribution in [0.1, 0.15) is 18.1 Å². The number of amides is 1. The third-order valence-corrected chi connectivity index (χ3v) is 4.72. The van der Waals surface area contributed by atoms with Crippen LogP contribution in [0.4, 0.5) is 11.5 Å². The average Bonchev–Trinajstić information content (AvgIpc) is 2.65. The molecular formula is C20H26N4O. The second-order valence-electron chi connectivity index (χ2n) is 6.46. The smallest absolute Gasteiger partial charge is 0.238 e. The Morgan fingerprint density at radius 2 is 1.92 bits per heavy atom. The number of nitrogens with one attached hydrogen (secondary N) is 1. The molecular weight excluding hydrogens is 312 g/mol. The maximum Gasteiger partial charge on any atom is 0.238 e. The van der Waals surface area contributed by atoms with Crippen molar-refractivity contribution >= 4 is 17.4 Å². The highest BCUT2D eigenvalue weighted by molar-refractivity contribution is 5.93. The molecule has 2 aromatic rings. The second kappa shape index (κ2) is 8.12. The summed E-state index contributed by atoms with van der Waals surface area (Å²) in [5.74, 6) is 1.08. The van der Waals surface area contributed by atoms with Crippen molar-refractivity contribution in [2.24, 2.45) is 0 Å². The van der Waals surface area contributed by atoms with E-state index in [1.807, 2.05) is 43.5 Å². The Bertz CT molecular complexity index is 709. The number of piperazine rings is 1. The highest BCUT2D eigenvalue weighted by Gasteiger charge is 2.20. The first kappa shape index (κ1) is 17.4. The molecule has 1 aliphatic rings. The minimum atomic E-state index is 0.0651. The first-order valence-corrected chi connectivity index (χ1v) is 8.94. The molecule has 0 radical (unpaired) electrons. The summed E-state index contributed by atoms with van der Waals surface area (Å²) in [5.41, 5.74) is 3.28. The van der Waals surface area contributed by atoms with E-state index in [1.165, 1.54) is 5.56 Å². The number of benzene rings is 1. The number of para-hydroxylation sites is 1. The molecule has 132 valence electrons. The average molecular weight is 338 g/mol. The summed E-state index contributed by atoms with van der Waals surface area (Å²) >= 11 is 0. The molecule has 1 aromatic heterocycles. The van der Waals surface area contributed by atoms with E-state index in [1.54, 1.807) is 0 Å². The van der Waals surface area contributed by atoms with E-state index in [2.05, 4.69) is 33.1 Å². The first-order valence-electron chi connectivity index (χ1n) is 8.94. The van der Waals surface area contributed by atoms with Gasteiger partial charge in [-0.1, -0.05) is 31.2 Å². The third-order valence-electron chi connectivity index (χ3n) is 4.72. The maximum absolute atomic E-state index is 12.5. The Kier molecular flexibility index (Phi) is 5.66. The van der Waals surface area contributed by atoms with Crippen LogP contribution in [-0.2, 0) is 11.2 Å². The van der Waals surface area contributed by atoms with Crippen LogP contribution in [0.5, 0.6) is 0 Å². The molecule has 1 aromatic carbocycles. The Balaban J connectivity index is 1.53. The normalized spacial score (nSPS) is 15.2. The molecule has 1 aliphatic heterocycles. The fourth-order valence-electron chi connectivity index (χ4n) is 3.26. The van der Waals surface area contributed by atoms with Gasteiger partial charge in [0.2, 0.25) is 5.91 Å². The van der Waals surface area contributed by atoms with Crippen LogP contribution < -0.4 is 10.2 Å². The van der Waals surface area contributed by atoms with E-state index in [4.69, 9.17) is 0 Å². The van der Waals surface area contributed by atoms with E-state index in [9.17, 15) is 4.79 Å². The van der Waals surface area contributed by atoms with Crippen LogP contribution in [0.25, 0.3) is 0 Å². The van der Waals surface area contributed by atoms with Crippen molar-refractivity contribution in [2.45, 2.75) is 20.3 Å². The standard InChI is InChI=1S/C20H26N4O/c1-3-17-8-6-7-16(2)20(17)22-19(25)15-23-11-13-24(14-12-23)18-9-4-5-10-21-18/h4-10H,3,11-15H2,1-2H3,(H,22,25). The number of anilines is 2. The maximum atomic E-state index is 12.5. The van der Waals surface area contributed by atoms with Gasteiger partial charge < -0.3 is 10.2 Å². The largest absolute Gasteiger partial charge is 0.354 e. The van der Waals surface area contributed by atoms with Crippen molar-refractivity contribution < 1.29 is 4.79 Å². The predicted octanol–water partition coefficient (Wildman–Crippen LogP) is 2.71. The summed E-state index contributed by atoms with van der Waals surface area (Å²) in [6.07, 6.45) is 2.74. The van der Waals surface area contributed by atoms with Gasteiger partial charge in [-0.05, 0) is 36.6 Å². The molecule has 0 bridgehead atoms. The summed E-state index contributed by atoms with van der Waals surface area (Å²) in [4.78, 5) is 21.4. The molecule has 0 spiro atoms. The SMILES string of the molecule is CCc1cccc(C)c1NC(=O)CN1CCN(c2ccccn2)CC1. The van der Waals surface area contributed by atoms with E-state index in [0.717, 1.165) is 49.7 Å². The van der Waals surface area contributed by atoms with Crippen LogP contribution in [-0.4, -0.2) is 48.5 Å². The van der Waals surface area contributed by atoms with Crippen LogP contribution >= 0.6 is 0 Å². The van der Waals surface area contributed by atoms with Gasteiger partial charge in [-0.3, -0.25) is 9.69 Å². The minimum absolute atomic E-state index is 0.0651. The van der Waals surface area contributed by atoms with E-state index in [0.29, 0.717) is 6.54 Å². The van der Waals surface area contributed by atoms with E-state index < -0.39 is 0 Å². The molecule has 3 rings (SSSR count). The summed E-state index contributed by atoms with van der Waals surface area (Å²) in [6.45, 7) is 8.13. The van der Waals surface area contributed by atoms with Crippen LogP contribution in [0.15, 0.2) is 42.6 Å². The van der Waals surface area contributed by atoms with Crippen LogP contribution in [0, 0.1) is 6.92 Å². The molecule has 1 amide bonds. The number of hydrogen-bond acceptors (Lipinski definition) is 4. The molecule has 2 heterocycles. The quantitative estimate of drug-likeness (QED) is 0.911. The van der Waals surface area contributed by atoms with Gasteiger partial charge in [-0.25, -0.2) is 4.98 Å². The lowest BCUT2D eigenvalue weighted by atomic mass is 10.1. The van der Waals surface area contributed by atoms with Gasteiger partial charge >= 0.3 is 0 Å². The second-order valence-corrected chi connectivity index (χ2v) is 6.46. The van der Waals surface area contributed by atoms with Gasteiger partial charge in [0.05, 0.1) is 6.54 Å². The van der Waals surface area contributed by atoms with E-state index in [-0.39, 0.29) is 5.91 Å². The number of carbonyl (C=O) groups is 1. The fourth-order valence-corrected chi connectivity index (χ4v) is 3.26. The Labute approximate surface area is 149 Å². The third kappa shape index (κ3) is 4.37. The summed E-state index contributed by atoms with van der Waals surface area (Å²) in [6, 6.07) is 12.1. The molecule has 5 nitrogen and oxygen atoms in total. The zero-order valence-corrected chi connectivity index (χ0v) is 15.0. The van der Waals surface area contributed by atoms with Crippen molar-refractivity contribution in [3.05, 3.63) is 53.7 Å². The predicted molar refractivity (Wildman–Crippen MR) is 102 cm³/mol. The van der Waals surface area contributed by atoms with Gasteiger partial charge in [-0.2, -0.15) is 0 Å². The zero-order chi connectivity index (χ0) is 17.6. The summed E-state index contributed by atoms with van der Waals surface area (Å²) in [7, 11) is 0. The summed E-state index contributed by atoms with van der Waals surface area (Å²) in [5, 5.41) is 3.11. The minimum Gasteiger partial charge on any atom is -0.354 e. The zero-order valence-electron chi connectivity index (χ0n) is 15.0. The molecule has 5 heteroatoms. The molecule has 1 fully saturated rings. The van der Waals surface area contributed by atoms with Gasteiger partial charge in [0, 0.05) is 38.1 Å². The van der Waals surface area contributed by atoms with Gasteiger partial charge in [0.25, 0.3) is 0 Å². The highest BCUT2D eigenvalue weighted by atomic mass is 16.2. The number of rotatable bonds is 5. The summed E-state index contributed by atoms with van der Waals surface area (Å²) < 4.78 is 0. The lowest BCUT2D eigenvalue weighted by Crippen LogP contribution is -2.49. The molecule has 25 heavy (non-hydrogen) atoms. The molecule has 0 saturated carbocycles. The molecule has 0 unspecified atom stereocenters. The van der Waals surface area contributed by atoms with Crippen molar-refractivity contribution in [3.63, 3.8) is 0 Å². The number of aryl methyl sites for hydroxylation is 2. The highest BCUT2D eigenvalue weighted by Crippen LogP contribution is 2.21. The first-order chi connectivity index (χ1) is 12.2. The lowest BCUT2D eigenvalue weighted by Gasteiger charge is -2.35. The van der Waals surface area contributed by atoms with E-state index >= 15 is 0 Å². The van der Waals surface area contributed by atoms with Crippen molar-refractivity contribution in [3.8, 4) is 0 Å². The van der Waals surface area contributed by atoms with Crippen LogP contribution in [0.3, 0.4) is 0 Å². The Hall–Kier alpha value is -2.40.